The summed E-state index contributed by atoms with van der Waals surface area (Å²) in [6.07, 6.45) is 8.29. The van der Waals surface area contributed by atoms with E-state index in [1.165, 1.54) is 32.5 Å². The number of likely N-dealkylation sites (N-methyl/N-ethyl adjacent to an activating group) is 1. The number of hydrazine groups is 1. The fourth-order valence-electron chi connectivity index (χ4n) is 5.96. The average molecular weight is 394 g/mol. The van der Waals surface area contributed by atoms with Crippen molar-refractivity contribution < 1.29 is 14.4 Å². The van der Waals surface area contributed by atoms with Crippen molar-refractivity contribution in [2.24, 2.45) is 5.92 Å². The summed E-state index contributed by atoms with van der Waals surface area (Å²) in [6.45, 7) is 2.52. The van der Waals surface area contributed by atoms with Crippen molar-refractivity contribution in [2.45, 2.75) is 37.5 Å². The van der Waals surface area contributed by atoms with Crippen LogP contribution in [0.15, 0.2) is 30.5 Å². The van der Waals surface area contributed by atoms with E-state index in [1.54, 1.807) is 0 Å². The SMILES string of the molecule is CN(C(=O)[C@@H]1C=C2c3cccc4[nH]cc(c34)C[C@H]2[NH+](C)C1)N1C[C@H]2CC[C@@H](C1)O2. The van der Waals surface area contributed by atoms with Crippen LogP contribution in [0.3, 0.4) is 0 Å². The van der Waals surface area contributed by atoms with E-state index in [1.807, 2.05) is 12.1 Å². The Bertz CT molecular complexity index is 999. The van der Waals surface area contributed by atoms with E-state index in [2.05, 4.69) is 47.5 Å². The molecule has 29 heavy (non-hydrogen) atoms. The third-order valence-electron chi connectivity index (χ3n) is 7.50. The average Bonchev–Trinajstić information content (AvgIpc) is 3.31. The number of morpholine rings is 1. The smallest absolute Gasteiger partial charge is 0.249 e. The summed E-state index contributed by atoms with van der Waals surface area (Å²) < 4.78 is 5.95. The van der Waals surface area contributed by atoms with Crippen molar-refractivity contribution in [3.8, 4) is 0 Å². The Morgan fingerprint density at radius 1 is 1.28 bits per heavy atom. The second kappa shape index (κ2) is 6.42. The van der Waals surface area contributed by atoms with E-state index in [9.17, 15) is 4.79 Å². The Balaban J connectivity index is 1.32. The minimum atomic E-state index is -0.0810. The zero-order valence-electron chi connectivity index (χ0n) is 17.1. The molecule has 1 amide bonds. The lowest BCUT2D eigenvalue weighted by Gasteiger charge is -2.41. The minimum Gasteiger partial charge on any atom is -0.372 e. The van der Waals surface area contributed by atoms with Crippen LogP contribution in [-0.2, 0) is 16.0 Å². The Morgan fingerprint density at radius 3 is 2.86 bits per heavy atom. The minimum absolute atomic E-state index is 0.0810. The topological polar surface area (TPSA) is 53.0 Å². The Kier molecular flexibility index (Phi) is 3.92. The molecule has 0 spiro atoms. The fourth-order valence-corrected chi connectivity index (χ4v) is 5.96. The van der Waals surface area contributed by atoms with Crippen LogP contribution in [0.2, 0.25) is 0 Å². The Hall–Kier alpha value is -2.15. The number of ether oxygens (including phenoxy) is 1. The first-order chi connectivity index (χ1) is 14.1. The molecule has 1 aromatic heterocycles. The molecular weight excluding hydrogens is 364 g/mol. The lowest BCUT2D eigenvalue weighted by atomic mass is 9.80. The predicted octanol–water partition coefficient (Wildman–Crippen LogP) is 0.857. The third kappa shape index (κ3) is 2.70. The van der Waals surface area contributed by atoms with Gasteiger partial charge in [0, 0.05) is 49.2 Å². The molecule has 2 bridgehead atoms. The van der Waals surface area contributed by atoms with Crippen molar-refractivity contribution in [1.29, 1.82) is 0 Å². The largest absolute Gasteiger partial charge is 0.372 e. The van der Waals surface area contributed by atoms with Gasteiger partial charge in [0.2, 0.25) is 5.91 Å². The highest BCUT2D eigenvalue weighted by molar-refractivity contribution is 5.98. The second-order valence-electron chi connectivity index (χ2n) is 9.27. The van der Waals surface area contributed by atoms with Gasteiger partial charge in [-0.05, 0) is 30.0 Å². The van der Waals surface area contributed by atoms with Gasteiger partial charge < -0.3 is 14.6 Å². The van der Waals surface area contributed by atoms with Crippen molar-refractivity contribution in [1.82, 2.24) is 15.0 Å². The number of aromatic nitrogens is 1. The normalized spacial score (nSPS) is 33.4. The first-order valence-electron chi connectivity index (χ1n) is 10.9. The molecular formula is C23H29N4O2+. The molecule has 5 atom stereocenters. The van der Waals surface area contributed by atoms with Crippen molar-refractivity contribution in [2.75, 3.05) is 33.7 Å². The van der Waals surface area contributed by atoms with Gasteiger partial charge in [0.25, 0.3) is 0 Å². The molecule has 152 valence electrons. The van der Waals surface area contributed by atoms with Crippen molar-refractivity contribution in [3.63, 3.8) is 0 Å². The Labute approximate surface area is 171 Å². The molecule has 2 N–H and O–H groups in total. The number of H-pyrrole nitrogens is 1. The maximum absolute atomic E-state index is 13.5. The van der Waals surface area contributed by atoms with Crippen LogP contribution in [-0.4, -0.2) is 72.9 Å². The van der Waals surface area contributed by atoms with Crippen LogP contribution in [0.1, 0.15) is 24.0 Å². The second-order valence-corrected chi connectivity index (χ2v) is 9.27. The summed E-state index contributed by atoms with van der Waals surface area (Å²) >= 11 is 0. The number of hydrogen-bond acceptors (Lipinski definition) is 3. The highest BCUT2D eigenvalue weighted by Gasteiger charge is 2.42. The van der Waals surface area contributed by atoms with Gasteiger partial charge in [0.15, 0.2) is 0 Å². The summed E-state index contributed by atoms with van der Waals surface area (Å²) in [6, 6.07) is 6.92. The number of nitrogens with zero attached hydrogens (tertiary/aromatic N) is 2. The van der Waals surface area contributed by atoms with E-state index in [0.29, 0.717) is 6.04 Å². The van der Waals surface area contributed by atoms with Crippen LogP contribution in [0.5, 0.6) is 0 Å². The van der Waals surface area contributed by atoms with Crippen molar-refractivity contribution >= 4 is 22.4 Å². The lowest BCUT2D eigenvalue weighted by molar-refractivity contribution is -0.900. The van der Waals surface area contributed by atoms with E-state index in [-0.39, 0.29) is 24.0 Å². The number of fused-ring (bicyclic) bond motifs is 4. The van der Waals surface area contributed by atoms with Crippen LogP contribution in [0, 0.1) is 5.92 Å². The number of aromatic amines is 1. The zero-order chi connectivity index (χ0) is 19.7. The van der Waals surface area contributed by atoms with Crippen LogP contribution >= 0.6 is 0 Å². The van der Waals surface area contributed by atoms with Gasteiger partial charge in [-0.2, -0.15) is 0 Å². The van der Waals surface area contributed by atoms with Gasteiger partial charge in [-0.15, -0.1) is 0 Å². The van der Waals surface area contributed by atoms with E-state index in [4.69, 9.17) is 4.74 Å². The number of carbonyl (C=O) groups excluding carboxylic acids is 1. The highest BCUT2D eigenvalue weighted by Crippen LogP contribution is 2.37. The summed E-state index contributed by atoms with van der Waals surface area (Å²) in [4.78, 5) is 18.3. The summed E-state index contributed by atoms with van der Waals surface area (Å²) in [5.74, 6) is 0.131. The first-order valence-corrected chi connectivity index (χ1v) is 10.9. The van der Waals surface area contributed by atoms with Gasteiger partial charge in [-0.1, -0.05) is 18.2 Å². The number of quaternary nitrogens is 1. The van der Waals surface area contributed by atoms with Gasteiger partial charge in [0.1, 0.15) is 12.0 Å². The summed E-state index contributed by atoms with van der Waals surface area (Å²) in [5.41, 5.74) is 5.26. The molecule has 4 aliphatic rings. The molecule has 3 aliphatic heterocycles. The molecule has 0 radical (unpaired) electrons. The first kappa shape index (κ1) is 17.7. The summed E-state index contributed by atoms with van der Waals surface area (Å²) in [7, 11) is 4.18. The van der Waals surface area contributed by atoms with Crippen LogP contribution < -0.4 is 4.90 Å². The molecule has 2 saturated heterocycles. The molecule has 1 aromatic carbocycles. The van der Waals surface area contributed by atoms with Gasteiger partial charge in [-0.25, -0.2) is 5.01 Å². The predicted molar refractivity (Wildman–Crippen MR) is 111 cm³/mol. The van der Waals surface area contributed by atoms with Crippen molar-refractivity contribution in [3.05, 3.63) is 41.6 Å². The maximum atomic E-state index is 13.5. The molecule has 2 fully saturated rings. The molecule has 6 nitrogen and oxygen atoms in total. The van der Waals surface area contributed by atoms with Crippen LogP contribution in [0.25, 0.3) is 16.5 Å². The van der Waals surface area contributed by atoms with Gasteiger partial charge in [0.05, 0.1) is 25.8 Å². The quantitative estimate of drug-likeness (QED) is 0.796. The maximum Gasteiger partial charge on any atom is 0.249 e. The molecule has 1 unspecified atom stereocenters. The molecule has 0 saturated carbocycles. The molecule has 6 heteroatoms. The zero-order valence-corrected chi connectivity index (χ0v) is 17.1. The lowest BCUT2D eigenvalue weighted by Crippen LogP contribution is -3.15. The van der Waals surface area contributed by atoms with E-state index >= 15 is 0 Å². The highest BCUT2D eigenvalue weighted by atomic mass is 16.5. The number of carbonyl (C=O) groups is 1. The van der Waals surface area contributed by atoms with E-state index in [0.717, 1.165) is 38.9 Å². The van der Waals surface area contributed by atoms with Gasteiger partial charge in [-0.3, -0.25) is 9.80 Å². The molecule has 4 heterocycles. The molecule has 2 aromatic rings. The third-order valence-corrected chi connectivity index (χ3v) is 7.50. The van der Waals surface area contributed by atoms with E-state index < -0.39 is 0 Å². The van der Waals surface area contributed by atoms with Gasteiger partial charge >= 0.3 is 0 Å². The molecule has 1 aliphatic carbocycles. The summed E-state index contributed by atoms with van der Waals surface area (Å²) in [5, 5.41) is 5.43. The molecule has 6 rings (SSSR count). The monoisotopic (exact) mass is 393 g/mol. The standard InChI is InChI=1S/C23H28N4O2/c1-25-11-15(23(28)26(2)27-12-16-6-7-17(13-27)29-16)8-19-18-4-3-5-20-22(18)14(10-24-20)9-21(19)25/h3-5,8,10,15-17,21,24H,6-7,9,11-13H2,1-2H3/p+1/t15-,16-,17+,21-/m1/s1. The fraction of sp³-hybridized carbons (Fsp3) is 0.522. The number of amides is 1. The number of hydrogen-bond donors (Lipinski definition) is 2. The number of rotatable bonds is 2. The van der Waals surface area contributed by atoms with Crippen LogP contribution in [0.4, 0.5) is 0 Å². The Morgan fingerprint density at radius 2 is 2.07 bits per heavy atom. The number of benzene rings is 1. The number of nitrogens with one attached hydrogen (secondary N) is 2.